The first-order chi connectivity index (χ1) is 9.79. The normalized spacial score (nSPS) is 10.5. The molecule has 0 spiro atoms. The van der Waals surface area contributed by atoms with Crippen molar-refractivity contribution in [3.05, 3.63) is 53.0 Å². The Morgan fingerprint density at radius 2 is 1.50 bits per heavy atom. The minimum atomic E-state index is 0.438. The van der Waals surface area contributed by atoms with Crippen molar-refractivity contribution in [1.29, 1.82) is 0 Å². The maximum absolute atomic E-state index is 5.75. The van der Waals surface area contributed by atoms with Crippen LogP contribution in [0.3, 0.4) is 0 Å². The van der Waals surface area contributed by atoms with Gasteiger partial charge in [-0.3, -0.25) is 0 Å². The van der Waals surface area contributed by atoms with Crippen LogP contribution in [-0.4, -0.2) is 17.3 Å². The first kappa shape index (κ1) is 12.9. The van der Waals surface area contributed by atoms with Crippen LogP contribution in [0.4, 0.5) is 0 Å². The number of ether oxygens (including phenoxy) is 1. The molecule has 0 atom stereocenters. The molecule has 0 bridgehead atoms. The van der Waals surface area contributed by atoms with E-state index in [1.807, 2.05) is 48.5 Å². The highest BCUT2D eigenvalue weighted by Gasteiger charge is 2.15. The molecule has 0 aliphatic heterocycles. The molecule has 0 radical (unpaired) electrons. The zero-order chi connectivity index (χ0) is 13.9. The van der Waals surface area contributed by atoms with Crippen molar-refractivity contribution in [2.75, 3.05) is 7.11 Å². The highest BCUT2D eigenvalue weighted by molar-refractivity contribution is 9.10. The molecule has 0 aliphatic carbocycles. The maximum Gasteiger partial charge on any atom is 0.251 e. The fourth-order valence-corrected chi connectivity index (χ4v) is 2.35. The molecule has 5 heteroatoms. The topological polar surface area (TPSA) is 48.2 Å². The summed E-state index contributed by atoms with van der Waals surface area (Å²) in [6.07, 6.45) is 0. The third-order valence-electron chi connectivity index (χ3n) is 2.87. The van der Waals surface area contributed by atoms with Crippen molar-refractivity contribution in [3.8, 4) is 28.7 Å². The Labute approximate surface area is 124 Å². The second-order valence-corrected chi connectivity index (χ2v) is 4.95. The molecule has 0 aliphatic rings. The largest absolute Gasteiger partial charge is 0.496 e. The Morgan fingerprint density at radius 1 is 0.900 bits per heavy atom. The van der Waals surface area contributed by atoms with Gasteiger partial charge in [0.15, 0.2) is 0 Å². The van der Waals surface area contributed by atoms with Gasteiger partial charge in [0.2, 0.25) is 5.89 Å². The summed E-state index contributed by atoms with van der Waals surface area (Å²) in [5.41, 5.74) is 1.64. The third kappa shape index (κ3) is 2.32. The summed E-state index contributed by atoms with van der Waals surface area (Å²) >= 11 is 3.47. The zero-order valence-corrected chi connectivity index (χ0v) is 12.3. The van der Waals surface area contributed by atoms with Crippen LogP contribution < -0.4 is 4.74 Å². The molecule has 0 fully saturated rings. The molecule has 0 amide bonds. The van der Waals surface area contributed by atoms with Gasteiger partial charge in [0, 0.05) is 4.47 Å². The highest BCUT2D eigenvalue weighted by Crippen LogP contribution is 2.32. The van der Waals surface area contributed by atoms with Crippen LogP contribution in [0.5, 0.6) is 5.75 Å². The van der Waals surface area contributed by atoms with E-state index in [2.05, 4.69) is 26.1 Å². The lowest BCUT2D eigenvalue weighted by molar-refractivity contribution is 0.414. The summed E-state index contributed by atoms with van der Waals surface area (Å²) in [6, 6.07) is 15.3. The maximum atomic E-state index is 5.75. The second-order valence-electron chi connectivity index (χ2n) is 4.09. The van der Waals surface area contributed by atoms with Crippen LogP contribution in [0.1, 0.15) is 0 Å². The van der Waals surface area contributed by atoms with Crippen LogP contribution in [0.2, 0.25) is 0 Å². The lowest BCUT2D eigenvalue weighted by atomic mass is 10.2. The van der Waals surface area contributed by atoms with E-state index in [1.165, 1.54) is 0 Å². The van der Waals surface area contributed by atoms with Crippen molar-refractivity contribution >= 4 is 15.9 Å². The molecule has 0 N–H and O–H groups in total. The minimum Gasteiger partial charge on any atom is -0.496 e. The van der Waals surface area contributed by atoms with Gasteiger partial charge in [0.05, 0.1) is 18.2 Å². The standard InChI is InChI=1S/C15H11BrN2O2/c1-19-13-9-5-3-7-11(13)15-18-17-14(20-15)10-6-2-4-8-12(10)16/h2-9H,1H3. The molecule has 3 aromatic rings. The van der Waals surface area contributed by atoms with Gasteiger partial charge in [-0.1, -0.05) is 24.3 Å². The smallest absolute Gasteiger partial charge is 0.251 e. The first-order valence-corrected chi connectivity index (χ1v) is 6.80. The van der Waals surface area contributed by atoms with Crippen molar-refractivity contribution in [1.82, 2.24) is 10.2 Å². The highest BCUT2D eigenvalue weighted by atomic mass is 79.9. The van der Waals surface area contributed by atoms with Gasteiger partial charge in [0.25, 0.3) is 5.89 Å². The number of rotatable bonds is 3. The molecule has 0 saturated carbocycles. The Balaban J connectivity index is 2.05. The Kier molecular flexibility index (Phi) is 3.52. The van der Waals surface area contributed by atoms with E-state index in [0.717, 1.165) is 15.6 Å². The van der Waals surface area contributed by atoms with Crippen LogP contribution in [0, 0.1) is 0 Å². The van der Waals surface area contributed by atoms with Crippen molar-refractivity contribution in [2.45, 2.75) is 0 Å². The van der Waals surface area contributed by atoms with E-state index >= 15 is 0 Å². The van der Waals surface area contributed by atoms with E-state index in [0.29, 0.717) is 17.5 Å². The molecule has 1 heterocycles. The fourth-order valence-electron chi connectivity index (χ4n) is 1.90. The van der Waals surface area contributed by atoms with E-state index in [9.17, 15) is 0 Å². The first-order valence-electron chi connectivity index (χ1n) is 6.01. The molecule has 2 aromatic carbocycles. The molecular weight excluding hydrogens is 320 g/mol. The number of benzene rings is 2. The van der Waals surface area contributed by atoms with Gasteiger partial charge in [0.1, 0.15) is 5.75 Å². The molecule has 100 valence electrons. The number of halogens is 1. The van der Waals surface area contributed by atoms with Crippen molar-refractivity contribution in [2.24, 2.45) is 0 Å². The Bertz CT molecular complexity index is 740. The quantitative estimate of drug-likeness (QED) is 0.723. The van der Waals surface area contributed by atoms with Crippen LogP contribution in [0.25, 0.3) is 22.9 Å². The van der Waals surface area contributed by atoms with Gasteiger partial charge in [-0.15, -0.1) is 10.2 Å². The molecule has 0 saturated heterocycles. The van der Waals surface area contributed by atoms with Crippen LogP contribution in [0.15, 0.2) is 57.4 Å². The average molecular weight is 331 g/mol. The molecular formula is C15H11BrN2O2. The van der Waals surface area contributed by atoms with E-state index in [4.69, 9.17) is 9.15 Å². The van der Waals surface area contributed by atoms with Crippen molar-refractivity contribution < 1.29 is 9.15 Å². The number of methoxy groups -OCH3 is 1. The number of hydrogen-bond donors (Lipinski definition) is 0. The van der Waals surface area contributed by atoms with Crippen molar-refractivity contribution in [3.63, 3.8) is 0 Å². The SMILES string of the molecule is COc1ccccc1-c1nnc(-c2ccccc2Br)o1. The third-order valence-corrected chi connectivity index (χ3v) is 3.56. The molecule has 20 heavy (non-hydrogen) atoms. The summed E-state index contributed by atoms with van der Waals surface area (Å²) < 4.78 is 12.0. The summed E-state index contributed by atoms with van der Waals surface area (Å²) in [7, 11) is 1.61. The number of nitrogens with zero attached hydrogens (tertiary/aromatic N) is 2. The van der Waals surface area contributed by atoms with Crippen LogP contribution >= 0.6 is 15.9 Å². The monoisotopic (exact) mass is 330 g/mol. The molecule has 1 aromatic heterocycles. The second kappa shape index (κ2) is 5.46. The van der Waals surface area contributed by atoms with Gasteiger partial charge >= 0.3 is 0 Å². The summed E-state index contributed by atoms with van der Waals surface area (Å²) in [5, 5.41) is 8.19. The predicted octanol–water partition coefficient (Wildman–Crippen LogP) is 4.17. The Hall–Kier alpha value is -2.14. The number of aromatic nitrogens is 2. The lowest BCUT2D eigenvalue weighted by Gasteiger charge is -2.03. The summed E-state index contributed by atoms with van der Waals surface area (Å²) in [6.45, 7) is 0. The van der Waals surface area contributed by atoms with E-state index in [1.54, 1.807) is 7.11 Å². The molecule has 4 nitrogen and oxygen atoms in total. The van der Waals surface area contributed by atoms with E-state index < -0.39 is 0 Å². The van der Waals surface area contributed by atoms with Gasteiger partial charge in [-0.2, -0.15) is 0 Å². The number of hydrogen-bond acceptors (Lipinski definition) is 4. The molecule has 0 unspecified atom stereocenters. The summed E-state index contributed by atoms with van der Waals surface area (Å²) in [5.74, 6) is 1.61. The zero-order valence-electron chi connectivity index (χ0n) is 10.7. The minimum absolute atomic E-state index is 0.438. The Morgan fingerprint density at radius 3 is 2.20 bits per heavy atom. The van der Waals surface area contributed by atoms with E-state index in [-0.39, 0.29) is 0 Å². The molecule has 3 rings (SSSR count). The van der Waals surface area contributed by atoms with Gasteiger partial charge < -0.3 is 9.15 Å². The predicted molar refractivity (Wildman–Crippen MR) is 79.4 cm³/mol. The average Bonchev–Trinajstić information content (AvgIpc) is 2.97. The van der Waals surface area contributed by atoms with Gasteiger partial charge in [-0.05, 0) is 40.2 Å². The fraction of sp³-hybridized carbons (Fsp3) is 0.0667. The van der Waals surface area contributed by atoms with Crippen LogP contribution in [-0.2, 0) is 0 Å². The lowest BCUT2D eigenvalue weighted by Crippen LogP contribution is -1.87. The number of para-hydroxylation sites is 1. The van der Waals surface area contributed by atoms with Gasteiger partial charge in [-0.25, -0.2) is 0 Å². The summed E-state index contributed by atoms with van der Waals surface area (Å²) in [4.78, 5) is 0.